The fourth-order valence-electron chi connectivity index (χ4n) is 3.22. The fraction of sp³-hybridized carbons (Fsp3) is 0.238. The van der Waals surface area contributed by atoms with Crippen LogP contribution in [0.3, 0.4) is 0 Å². The second-order valence-corrected chi connectivity index (χ2v) is 6.66. The number of benzene rings is 2. The van der Waals surface area contributed by atoms with Crippen LogP contribution in [0.2, 0.25) is 0 Å². The van der Waals surface area contributed by atoms with Crippen LogP contribution < -0.4 is 5.32 Å². The van der Waals surface area contributed by atoms with Gasteiger partial charge in [0, 0.05) is 12.1 Å². The van der Waals surface area contributed by atoms with Gasteiger partial charge in [0.25, 0.3) is 5.91 Å². The van der Waals surface area contributed by atoms with Crippen molar-refractivity contribution in [2.24, 2.45) is 0 Å². The Hall–Kier alpha value is -3.68. The van der Waals surface area contributed by atoms with Crippen LogP contribution in [-0.2, 0) is 16.1 Å². The largest absolute Gasteiger partial charge is 0.445 e. The Kier molecular flexibility index (Phi) is 5.51. The van der Waals surface area contributed by atoms with E-state index in [1.807, 2.05) is 60.7 Å². The molecule has 1 atom stereocenters. The van der Waals surface area contributed by atoms with Crippen LogP contribution in [0.15, 0.2) is 65.1 Å². The standard InChI is InChI=1S/C21H20N4O4/c26-18(22-20-24-23-19(29-20)16-10-5-2-6-11-16)17-12-7-13-25(17)21(27)28-14-15-8-3-1-4-9-15/h1-6,8-11,17H,7,12-14H2,(H,22,24,26)/t17-/m0/s1. The number of hydrogen-bond donors (Lipinski definition) is 1. The predicted molar refractivity (Wildman–Crippen MR) is 105 cm³/mol. The highest BCUT2D eigenvalue weighted by atomic mass is 16.6. The second kappa shape index (κ2) is 8.55. The predicted octanol–water partition coefficient (Wildman–Crippen LogP) is 3.48. The summed E-state index contributed by atoms with van der Waals surface area (Å²) < 4.78 is 10.9. The van der Waals surface area contributed by atoms with Crippen LogP contribution in [0, 0.1) is 0 Å². The lowest BCUT2D eigenvalue weighted by molar-refractivity contribution is -0.120. The van der Waals surface area contributed by atoms with Crippen molar-refractivity contribution in [3.05, 3.63) is 66.2 Å². The van der Waals surface area contributed by atoms with Crippen LogP contribution >= 0.6 is 0 Å². The van der Waals surface area contributed by atoms with E-state index in [9.17, 15) is 9.59 Å². The third kappa shape index (κ3) is 4.43. The van der Waals surface area contributed by atoms with E-state index < -0.39 is 12.1 Å². The number of carbonyl (C=O) groups excluding carboxylic acids is 2. The molecule has 1 aliphatic rings. The average Bonchev–Trinajstić information content (AvgIpc) is 3.43. The van der Waals surface area contributed by atoms with Gasteiger partial charge < -0.3 is 9.15 Å². The zero-order chi connectivity index (χ0) is 20.1. The molecular formula is C21H20N4O4. The lowest BCUT2D eigenvalue weighted by Crippen LogP contribution is -2.43. The monoisotopic (exact) mass is 392 g/mol. The molecule has 1 aromatic heterocycles. The van der Waals surface area contributed by atoms with Gasteiger partial charge in [-0.15, -0.1) is 5.10 Å². The zero-order valence-electron chi connectivity index (χ0n) is 15.7. The molecule has 2 heterocycles. The molecule has 0 aliphatic carbocycles. The number of aromatic nitrogens is 2. The second-order valence-electron chi connectivity index (χ2n) is 6.66. The van der Waals surface area contributed by atoms with E-state index in [0.29, 0.717) is 18.9 Å². The quantitative estimate of drug-likeness (QED) is 0.714. The summed E-state index contributed by atoms with van der Waals surface area (Å²) in [5.74, 6) is -0.0612. The number of nitrogens with zero attached hydrogens (tertiary/aromatic N) is 3. The molecule has 29 heavy (non-hydrogen) atoms. The van der Waals surface area contributed by atoms with Gasteiger partial charge in [-0.1, -0.05) is 53.6 Å². The molecule has 148 valence electrons. The third-order valence-corrected chi connectivity index (χ3v) is 4.67. The van der Waals surface area contributed by atoms with Gasteiger partial charge in [0.2, 0.25) is 5.89 Å². The van der Waals surface area contributed by atoms with Crippen LogP contribution in [0.5, 0.6) is 0 Å². The molecule has 0 unspecified atom stereocenters. The van der Waals surface area contributed by atoms with Crippen LogP contribution in [0.25, 0.3) is 11.5 Å². The van der Waals surface area contributed by atoms with Crippen molar-refractivity contribution in [3.63, 3.8) is 0 Å². The summed E-state index contributed by atoms with van der Waals surface area (Å²) >= 11 is 0. The van der Waals surface area contributed by atoms with Gasteiger partial charge >= 0.3 is 12.1 Å². The summed E-state index contributed by atoms with van der Waals surface area (Å²) in [6.07, 6.45) is 0.755. The first kappa shape index (κ1) is 18.7. The van der Waals surface area contributed by atoms with Crippen molar-refractivity contribution in [2.75, 3.05) is 11.9 Å². The van der Waals surface area contributed by atoms with Gasteiger partial charge in [-0.25, -0.2) is 4.79 Å². The number of nitrogens with one attached hydrogen (secondary N) is 1. The molecule has 8 heteroatoms. The molecule has 2 aromatic carbocycles. The third-order valence-electron chi connectivity index (χ3n) is 4.67. The van der Waals surface area contributed by atoms with Gasteiger partial charge in [-0.3, -0.25) is 15.0 Å². The Morgan fingerprint density at radius 2 is 1.79 bits per heavy atom. The van der Waals surface area contributed by atoms with E-state index >= 15 is 0 Å². The molecule has 0 saturated carbocycles. The summed E-state index contributed by atoms with van der Waals surface area (Å²) in [6.45, 7) is 0.624. The lowest BCUT2D eigenvalue weighted by Gasteiger charge is -2.22. The van der Waals surface area contributed by atoms with E-state index in [1.165, 1.54) is 4.90 Å². The molecule has 8 nitrogen and oxygen atoms in total. The number of carbonyl (C=O) groups is 2. The first-order chi connectivity index (χ1) is 14.2. The molecule has 0 bridgehead atoms. The molecule has 0 radical (unpaired) electrons. The maximum Gasteiger partial charge on any atom is 0.410 e. The minimum absolute atomic E-state index is 0.00152. The summed E-state index contributed by atoms with van der Waals surface area (Å²) in [6, 6.07) is 18.0. The summed E-state index contributed by atoms with van der Waals surface area (Å²) in [4.78, 5) is 26.5. The van der Waals surface area contributed by atoms with Gasteiger partial charge in [-0.2, -0.15) is 0 Å². The van der Waals surface area contributed by atoms with Crippen LogP contribution in [0.4, 0.5) is 10.8 Å². The Morgan fingerprint density at radius 3 is 2.55 bits per heavy atom. The lowest BCUT2D eigenvalue weighted by atomic mass is 10.2. The highest BCUT2D eigenvalue weighted by molar-refractivity contribution is 5.95. The Morgan fingerprint density at radius 1 is 1.07 bits per heavy atom. The molecule has 1 fully saturated rings. The molecule has 1 saturated heterocycles. The first-order valence-electron chi connectivity index (χ1n) is 9.38. The average molecular weight is 392 g/mol. The van der Waals surface area contributed by atoms with E-state index in [2.05, 4.69) is 15.5 Å². The molecule has 1 N–H and O–H groups in total. The Bertz CT molecular complexity index is 975. The molecular weight excluding hydrogens is 372 g/mol. The summed E-state index contributed by atoms with van der Waals surface area (Å²) in [7, 11) is 0. The van der Waals surface area contributed by atoms with Gasteiger partial charge in [0.1, 0.15) is 12.6 Å². The molecule has 4 rings (SSSR count). The Balaban J connectivity index is 1.36. The highest BCUT2D eigenvalue weighted by Crippen LogP contribution is 2.22. The van der Waals surface area contributed by atoms with Crippen molar-refractivity contribution >= 4 is 18.0 Å². The first-order valence-corrected chi connectivity index (χ1v) is 9.38. The van der Waals surface area contributed by atoms with Crippen LogP contribution in [-0.4, -0.2) is 39.7 Å². The zero-order valence-corrected chi connectivity index (χ0v) is 15.7. The van der Waals surface area contributed by atoms with Crippen LogP contribution in [0.1, 0.15) is 18.4 Å². The van der Waals surface area contributed by atoms with E-state index in [1.54, 1.807) is 0 Å². The van der Waals surface area contributed by atoms with Crippen molar-refractivity contribution in [2.45, 2.75) is 25.5 Å². The van der Waals surface area contributed by atoms with Gasteiger partial charge in [-0.05, 0) is 30.5 Å². The van der Waals surface area contributed by atoms with Crippen molar-refractivity contribution in [1.29, 1.82) is 0 Å². The van der Waals surface area contributed by atoms with Gasteiger partial charge in [0.05, 0.1) is 0 Å². The van der Waals surface area contributed by atoms with E-state index in [4.69, 9.17) is 9.15 Å². The summed E-state index contributed by atoms with van der Waals surface area (Å²) in [5.41, 5.74) is 1.65. The van der Waals surface area contributed by atoms with Gasteiger partial charge in [0.15, 0.2) is 0 Å². The van der Waals surface area contributed by atoms with Crippen molar-refractivity contribution in [3.8, 4) is 11.5 Å². The Labute approximate surface area is 167 Å². The molecule has 3 aromatic rings. The number of rotatable bonds is 5. The minimum Gasteiger partial charge on any atom is -0.445 e. The normalized spacial score (nSPS) is 15.9. The topological polar surface area (TPSA) is 97.6 Å². The smallest absolute Gasteiger partial charge is 0.410 e. The number of hydrogen-bond acceptors (Lipinski definition) is 6. The summed E-state index contributed by atoms with van der Waals surface area (Å²) in [5, 5.41) is 10.4. The maximum atomic E-state index is 12.7. The van der Waals surface area contributed by atoms with Crippen molar-refractivity contribution in [1.82, 2.24) is 15.1 Å². The minimum atomic E-state index is -0.634. The number of anilines is 1. The molecule has 0 spiro atoms. The van der Waals surface area contributed by atoms with Crippen molar-refractivity contribution < 1.29 is 18.7 Å². The number of amides is 2. The number of likely N-dealkylation sites (tertiary alicyclic amines) is 1. The SMILES string of the molecule is O=C(Nc1nnc(-c2ccccc2)o1)[C@@H]1CCCN1C(=O)OCc1ccccc1. The van der Waals surface area contributed by atoms with E-state index in [-0.39, 0.29) is 18.5 Å². The van der Waals surface area contributed by atoms with E-state index in [0.717, 1.165) is 17.5 Å². The number of ether oxygens (including phenoxy) is 1. The highest BCUT2D eigenvalue weighted by Gasteiger charge is 2.35. The molecule has 1 aliphatic heterocycles. The molecule has 2 amide bonds. The maximum absolute atomic E-state index is 12.7. The fourth-order valence-corrected chi connectivity index (χ4v) is 3.22.